The molecule has 0 amide bonds. The van der Waals surface area contributed by atoms with E-state index < -0.39 is 8.07 Å². The van der Waals surface area contributed by atoms with E-state index in [4.69, 9.17) is 0 Å². The summed E-state index contributed by atoms with van der Waals surface area (Å²) in [5, 5.41) is 2.92. The van der Waals surface area contributed by atoms with Gasteiger partial charge < -0.3 is 12.4 Å². The summed E-state index contributed by atoms with van der Waals surface area (Å²) < 4.78 is 1.09. The molecule has 0 fully saturated rings. The highest BCUT2D eigenvalue weighted by atomic mass is 35.5. The molecule has 0 spiro atoms. The first-order chi connectivity index (χ1) is 12.3. The Morgan fingerprint density at radius 2 is 1.00 bits per heavy atom. The lowest BCUT2D eigenvalue weighted by Gasteiger charge is -2.43. The van der Waals surface area contributed by atoms with E-state index in [1.54, 1.807) is 0 Å². The average Bonchev–Trinajstić information content (AvgIpc) is 2.70. The van der Waals surface area contributed by atoms with E-state index in [0.29, 0.717) is 0 Å². The van der Waals surface area contributed by atoms with Gasteiger partial charge in [-0.05, 0) is 38.1 Å². The number of benzene rings is 3. The lowest BCUT2D eigenvalue weighted by molar-refractivity contribution is -0.815. The van der Waals surface area contributed by atoms with Crippen molar-refractivity contribution in [2.75, 3.05) is 13.1 Å². The van der Waals surface area contributed by atoms with Gasteiger partial charge in [-0.3, -0.25) is 4.25 Å². The molecule has 0 radical (unpaired) electrons. The van der Waals surface area contributed by atoms with Gasteiger partial charge >= 0.3 is 0 Å². The van der Waals surface area contributed by atoms with E-state index in [1.165, 1.54) is 16.2 Å². The summed E-state index contributed by atoms with van der Waals surface area (Å²) in [5.74, 6) is 0. The maximum absolute atomic E-state index is 2.34. The maximum atomic E-state index is 2.34. The van der Waals surface area contributed by atoms with Crippen molar-refractivity contribution in [3.63, 3.8) is 0 Å². The topological polar surface area (TPSA) is 0 Å². The Labute approximate surface area is 165 Å². The zero-order valence-corrected chi connectivity index (χ0v) is 17.2. The Balaban J connectivity index is 0.00000243. The van der Waals surface area contributed by atoms with Crippen molar-refractivity contribution in [1.29, 1.82) is 0 Å². The summed E-state index contributed by atoms with van der Waals surface area (Å²) in [6, 6.07) is 33.1. The predicted octanol–water partition coefficient (Wildman–Crippen LogP) is 2.10. The molecule has 0 aliphatic rings. The third-order valence-corrected chi connectivity index (χ3v) is 8.05. The number of quaternary nitrogens is 1. The van der Waals surface area contributed by atoms with E-state index in [9.17, 15) is 0 Å². The van der Waals surface area contributed by atoms with Gasteiger partial charge in [0.1, 0.15) is 6.54 Å². The van der Waals surface area contributed by atoms with Crippen molar-refractivity contribution >= 4 is 18.7 Å². The van der Waals surface area contributed by atoms with Gasteiger partial charge in [0, 0.05) is 16.2 Å². The molecule has 0 N–H and O–H groups in total. The number of nitrogens with zero attached hydrogens (tertiary/aromatic N) is 1. The SMILES string of the molecule is CC[N+](CC)(Cc1ccccc1)P(c1ccccc1)c1ccccc1.[Cl-]. The molecule has 0 unspecified atom stereocenters. The predicted molar refractivity (Wildman–Crippen MR) is 111 cm³/mol. The molecule has 0 aromatic heterocycles. The summed E-state index contributed by atoms with van der Waals surface area (Å²) in [6.07, 6.45) is 0. The summed E-state index contributed by atoms with van der Waals surface area (Å²) >= 11 is 0. The lowest BCUT2D eigenvalue weighted by Crippen LogP contribution is -3.00. The molecule has 3 aromatic rings. The molecule has 3 aromatic carbocycles. The van der Waals surface area contributed by atoms with E-state index in [2.05, 4.69) is 105 Å². The second kappa shape index (κ2) is 9.88. The summed E-state index contributed by atoms with van der Waals surface area (Å²) in [4.78, 5) is 0. The normalized spacial score (nSPS) is 11.2. The van der Waals surface area contributed by atoms with Crippen LogP contribution in [-0.2, 0) is 6.54 Å². The van der Waals surface area contributed by atoms with Crippen LogP contribution in [0.3, 0.4) is 0 Å². The Bertz CT molecular complexity index is 718. The van der Waals surface area contributed by atoms with Crippen molar-refractivity contribution < 1.29 is 16.7 Å². The molecule has 0 aliphatic heterocycles. The molecule has 3 heteroatoms. The number of hydrogen-bond donors (Lipinski definition) is 0. The van der Waals surface area contributed by atoms with Gasteiger partial charge in [0.05, 0.1) is 13.1 Å². The fourth-order valence-electron chi connectivity index (χ4n) is 3.50. The zero-order chi connectivity index (χ0) is 17.5. The van der Waals surface area contributed by atoms with Crippen LogP contribution in [0.5, 0.6) is 0 Å². The van der Waals surface area contributed by atoms with Gasteiger partial charge in [0.25, 0.3) is 0 Å². The number of hydrogen-bond acceptors (Lipinski definition) is 0. The molecule has 0 aliphatic carbocycles. The van der Waals surface area contributed by atoms with Crippen molar-refractivity contribution in [2.45, 2.75) is 20.4 Å². The van der Waals surface area contributed by atoms with Crippen LogP contribution in [0.4, 0.5) is 0 Å². The van der Waals surface area contributed by atoms with Gasteiger partial charge in [-0.25, -0.2) is 0 Å². The molecule has 0 saturated carbocycles. The van der Waals surface area contributed by atoms with Gasteiger partial charge in [-0.2, -0.15) is 0 Å². The first-order valence-corrected chi connectivity index (χ1v) is 10.4. The molecule has 26 heavy (non-hydrogen) atoms. The maximum Gasteiger partial charge on any atom is 0.169 e. The first-order valence-electron chi connectivity index (χ1n) is 9.10. The van der Waals surface area contributed by atoms with Crippen LogP contribution in [0.2, 0.25) is 0 Å². The van der Waals surface area contributed by atoms with Crippen molar-refractivity contribution in [3.05, 3.63) is 96.6 Å². The van der Waals surface area contributed by atoms with Gasteiger partial charge in [0.2, 0.25) is 0 Å². The van der Waals surface area contributed by atoms with E-state index in [1.807, 2.05) is 0 Å². The Morgan fingerprint density at radius 1 is 0.615 bits per heavy atom. The molecular weight excluding hydrogens is 357 g/mol. The zero-order valence-electron chi connectivity index (χ0n) is 15.6. The molecule has 0 saturated heterocycles. The van der Waals surface area contributed by atoms with Crippen LogP contribution in [0.25, 0.3) is 0 Å². The minimum atomic E-state index is -0.485. The number of rotatable bonds is 7. The average molecular weight is 384 g/mol. The van der Waals surface area contributed by atoms with Crippen LogP contribution < -0.4 is 23.0 Å². The van der Waals surface area contributed by atoms with Crippen molar-refractivity contribution in [1.82, 2.24) is 0 Å². The first kappa shape index (κ1) is 20.6. The molecule has 0 heterocycles. The van der Waals surface area contributed by atoms with Crippen molar-refractivity contribution in [2.24, 2.45) is 0 Å². The summed E-state index contributed by atoms with van der Waals surface area (Å²) in [7, 11) is -0.485. The molecule has 0 bridgehead atoms. The van der Waals surface area contributed by atoms with E-state index in [0.717, 1.165) is 23.9 Å². The molecule has 0 atom stereocenters. The largest absolute Gasteiger partial charge is 1.00 e. The quantitative estimate of drug-likeness (QED) is 0.548. The molecule has 1 nitrogen and oxygen atoms in total. The second-order valence-electron chi connectivity index (χ2n) is 6.35. The molecule has 3 rings (SSSR count). The minimum absolute atomic E-state index is 0. The fourth-order valence-corrected chi connectivity index (χ4v) is 6.56. The molecular formula is C23H27ClNP. The van der Waals surface area contributed by atoms with Gasteiger partial charge in [-0.1, -0.05) is 66.7 Å². The summed E-state index contributed by atoms with van der Waals surface area (Å²) in [6.45, 7) is 8.01. The monoisotopic (exact) mass is 383 g/mol. The highest BCUT2D eigenvalue weighted by Gasteiger charge is 2.38. The highest BCUT2D eigenvalue weighted by Crippen LogP contribution is 2.47. The standard InChI is InChI=1S/C23H27NP.ClH/c1-3-24(4-2,20-21-14-8-5-9-15-21)25(22-16-10-6-11-17-22)23-18-12-7-13-19-23;/h5-19H,3-4,20H2,1-2H3;1H/q+1;/p-1. The fraction of sp³-hybridized carbons (Fsp3) is 0.217. The third kappa shape index (κ3) is 4.54. The lowest BCUT2D eigenvalue weighted by atomic mass is 10.2. The Kier molecular flexibility index (Phi) is 7.85. The second-order valence-corrected chi connectivity index (χ2v) is 8.86. The van der Waals surface area contributed by atoms with Crippen molar-refractivity contribution in [3.8, 4) is 0 Å². The van der Waals surface area contributed by atoms with Crippen LogP contribution in [-0.4, -0.2) is 17.3 Å². The number of halogens is 1. The van der Waals surface area contributed by atoms with E-state index >= 15 is 0 Å². The van der Waals surface area contributed by atoms with Crippen LogP contribution in [0, 0.1) is 0 Å². The molecule has 136 valence electrons. The highest BCUT2D eigenvalue weighted by molar-refractivity contribution is 7.67. The van der Waals surface area contributed by atoms with Gasteiger partial charge in [-0.15, -0.1) is 0 Å². The Morgan fingerprint density at radius 3 is 1.38 bits per heavy atom. The smallest absolute Gasteiger partial charge is 0.169 e. The van der Waals surface area contributed by atoms with E-state index in [-0.39, 0.29) is 12.4 Å². The minimum Gasteiger partial charge on any atom is -1.00 e. The van der Waals surface area contributed by atoms with Gasteiger partial charge in [0.15, 0.2) is 8.07 Å². The van der Waals surface area contributed by atoms with Crippen LogP contribution in [0.1, 0.15) is 19.4 Å². The van der Waals surface area contributed by atoms with Crippen LogP contribution >= 0.6 is 8.07 Å². The third-order valence-electron chi connectivity index (χ3n) is 4.92. The Hall–Kier alpha value is -1.66. The summed E-state index contributed by atoms with van der Waals surface area (Å²) in [5.41, 5.74) is 1.42. The van der Waals surface area contributed by atoms with Crippen LogP contribution in [0.15, 0.2) is 91.0 Å².